The van der Waals surface area contributed by atoms with Crippen molar-refractivity contribution in [3.05, 3.63) is 65.2 Å². The molecule has 2 N–H and O–H groups in total. The van der Waals surface area contributed by atoms with Crippen LogP contribution >= 0.6 is 12.2 Å². The van der Waals surface area contributed by atoms with Crippen molar-refractivity contribution in [2.45, 2.75) is 13.5 Å². The maximum absolute atomic E-state index is 9.00. The summed E-state index contributed by atoms with van der Waals surface area (Å²) in [6, 6.07) is 17.8. The van der Waals surface area contributed by atoms with E-state index in [1.807, 2.05) is 49.4 Å². The van der Waals surface area contributed by atoms with Gasteiger partial charge in [0, 0.05) is 12.2 Å². The number of hydrogen-bond donors (Lipinski definition) is 2. The van der Waals surface area contributed by atoms with Gasteiger partial charge in [-0.25, -0.2) is 0 Å². The molecule has 0 radical (unpaired) electrons. The summed E-state index contributed by atoms with van der Waals surface area (Å²) in [5.74, 6) is 0. The number of nitrogens with one attached hydrogen (secondary N) is 2. The lowest BCUT2D eigenvalue weighted by atomic mass is 10.1. The highest BCUT2D eigenvalue weighted by Crippen LogP contribution is 2.14. The second-order valence-corrected chi connectivity index (χ2v) is 4.84. The van der Waals surface area contributed by atoms with Gasteiger partial charge in [-0.05, 0) is 42.4 Å². The molecule has 20 heavy (non-hydrogen) atoms. The van der Waals surface area contributed by atoms with Crippen molar-refractivity contribution < 1.29 is 0 Å². The van der Waals surface area contributed by atoms with Crippen LogP contribution in [0.5, 0.6) is 0 Å². The zero-order chi connectivity index (χ0) is 14.4. The van der Waals surface area contributed by atoms with Crippen LogP contribution in [0.4, 0.5) is 5.69 Å². The molecule has 0 aliphatic heterocycles. The van der Waals surface area contributed by atoms with E-state index in [-0.39, 0.29) is 0 Å². The number of thiocarbonyl (C=S) groups is 1. The van der Waals surface area contributed by atoms with Crippen molar-refractivity contribution in [3.8, 4) is 6.07 Å². The van der Waals surface area contributed by atoms with Crippen molar-refractivity contribution in [2.75, 3.05) is 5.32 Å². The Kier molecular flexibility index (Phi) is 4.70. The minimum atomic E-state index is 0.543. The number of anilines is 1. The fraction of sp³-hybridized carbons (Fsp3) is 0.125. The predicted octanol–water partition coefficient (Wildman–Crippen LogP) is 3.35. The Bertz CT molecular complexity index is 645. The average molecular weight is 281 g/mol. The van der Waals surface area contributed by atoms with Gasteiger partial charge in [0.1, 0.15) is 0 Å². The summed E-state index contributed by atoms with van der Waals surface area (Å²) in [6.45, 7) is 2.58. The lowest BCUT2D eigenvalue weighted by Crippen LogP contribution is -2.27. The number of hydrogen-bond acceptors (Lipinski definition) is 2. The molecule has 0 amide bonds. The van der Waals surface area contributed by atoms with Crippen LogP contribution in [-0.4, -0.2) is 5.11 Å². The fourth-order valence-electron chi connectivity index (χ4n) is 1.77. The van der Waals surface area contributed by atoms with Gasteiger partial charge in [0.25, 0.3) is 0 Å². The fourth-order valence-corrected chi connectivity index (χ4v) is 1.96. The van der Waals surface area contributed by atoms with Gasteiger partial charge in [-0.2, -0.15) is 5.26 Å². The van der Waals surface area contributed by atoms with E-state index < -0.39 is 0 Å². The van der Waals surface area contributed by atoms with Crippen molar-refractivity contribution >= 4 is 23.0 Å². The van der Waals surface area contributed by atoms with Crippen LogP contribution in [0, 0.1) is 18.3 Å². The van der Waals surface area contributed by atoms with E-state index in [4.69, 9.17) is 17.5 Å². The van der Waals surface area contributed by atoms with E-state index in [0.29, 0.717) is 17.2 Å². The molecule has 0 atom stereocenters. The molecule has 0 bridgehead atoms. The average Bonchev–Trinajstić information content (AvgIpc) is 2.48. The quantitative estimate of drug-likeness (QED) is 0.847. The molecular formula is C16H15N3S. The first-order valence-corrected chi connectivity index (χ1v) is 6.69. The lowest BCUT2D eigenvalue weighted by Gasteiger charge is -2.11. The van der Waals surface area contributed by atoms with E-state index >= 15 is 0 Å². The number of aryl methyl sites for hydroxylation is 1. The highest BCUT2D eigenvalue weighted by molar-refractivity contribution is 7.80. The van der Waals surface area contributed by atoms with Crippen LogP contribution in [0.3, 0.4) is 0 Å². The minimum Gasteiger partial charge on any atom is -0.358 e. The van der Waals surface area contributed by atoms with Gasteiger partial charge < -0.3 is 10.6 Å². The van der Waals surface area contributed by atoms with E-state index in [0.717, 1.165) is 11.3 Å². The van der Waals surface area contributed by atoms with Gasteiger partial charge in [-0.1, -0.05) is 36.4 Å². The number of nitrogens with zero attached hydrogens (tertiary/aromatic N) is 1. The summed E-state index contributed by atoms with van der Waals surface area (Å²) < 4.78 is 0. The van der Waals surface area contributed by atoms with Crippen LogP contribution in [0.25, 0.3) is 0 Å². The zero-order valence-corrected chi connectivity index (χ0v) is 12.0. The Balaban J connectivity index is 1.93. The largest absolute Gasteiger partial charge is 0.358 e. The molecule has 100 valence electrons. The van der Waals surface area contributed by atoms with Crippen molar-refractivity contribution in [2.24, 2.45) is 0 Å². The third-order valence-corrected chi connectivity index (χ3v) is 3.16. The highest BCUT2D eigenvalue weighted by atomic mass is 32.1. The molecule has 0 unspecified atom stereocenters. The van der Waals surface area contributed by atoms with Crippen molar-refractivity contribution in [3.63, 3.8) is 0 Å². The first kappa shape index (κ1) is 14.0. The number of nitriles is 1. The third-order valence-electron chi connectivity index (χ3n) is 2.91. The van der Waals surface area contributed by atoms with E-state index in [1.165, 1.54) is 5.56 Å². The summed E-state index contributed by atoms with van der Waals surface area (Å²) in [6.07, 6.45) is 0. The van der Waals surface area contributed by atoms with Gasteiger partial charge in [0.15, 0.2) is 5.11 Å². The third kappa shape index (κ3) is 3.81. The van der Waals surface area contributed by atoms with Crippen molar-refractivity contribution in [1.82, 2.24) is 5.32 Å². The van der Waals surface area contributed by atoms with Gasteiger partial charge in [0.2, 0.25) is 0 Å². The van der Waals surface area contributed by atoms with Crippen LogP contribution in [0.2, 0.25) is 0 Å². The van der Waals surface area contributed by atoms with Gasteiger partial charge in [-0.15, -0.1) is 0 Å². The topological polar surface area (TPSA) is 47.8 Å². The minimum absolute atomic E-state index is 0.543. The SMILES string of the molecule is Cc1ccc(NC(=S)NCc2ccccc2)cc1C#N. The maximum Gasteiger partial charge on any atom is 0.171 e. The molecule has 4 heteroatoms. The second kappa shape index (κ2) is 6.69. The second-order valence-electron chi connectivity index (χ2n) is 4.43. The van der Waals surface area contributed by atoms with Crippen LogP contribution in [0.1, 0.15) is 16.7 Å². The number of rotatable bonds is 3. The van der Waals surface area contributed by atoms with Crippen LogP contribution in [-0.2, 0) is 6.54 Å². The Morgan fingerprint density at radius 1 is 1.20 bits per heavy atom. The molecule has 0 aliphatic carbocycles. The molecule has 0 spiro atoms. The summed E-state index contributed by atoms with van der Waals surface area (Å²) >= 11 is 5.24. The molecule has 0 heterocycles. The van der Waals surface area contributed by atoms with E-state index in [1.54, 1.807) is 6.07 Å². The molecule has 0 fully saturated rings. The van der Waals surface area contributed by atoms with E-state index in [9.17, 15) is 0 Å². The maximum atomic E-state index is 9.00. The Morgan fingerprint density at radius 3 is 2.65 bits per heavy atom. The van der Waals surface area contributed by atoms with Crippen LogP contribution < -0.4 is 10.6 Å². The molecule has 2 rings (SSSR count). The van der Waals surface area contributed by atoms with E-state index in [2.05, 4.69) is 16.7 Å². The Morgan fingerprint density at radius 2 is 1.95 bits per heavy atom. The first-order valence-electron chi connectivity index (χ1n) is 6.28. The smallest absolute Gasteiger partial charge is 0.171 e. The summed E-state index contributed by atoms with van der Waals surface area (Å²) in [5, 5.41) is 15.8. The standard InChI is InChI=1S/C16H15N3S/c1-12-7-8-15(9-14(12)10-17)19-16(20)18-11-13-5-3-2-4-6-13/h2-9H,11H2,1H3,(H2,18,19,20). The molecular weight excluding hydrogens is 266 g/mol. The molecule has 3 nitrogen and oxygen atoms in total. The molecule has 0 saturated heterocycles. The molecule has 2 aromatic rings. The van der Waals surface area contributed by atoms with Crippen LogP contribution in [0.15, 0.2) is 48.5 Å². The summed E-state index contributed by atoms with van der Waals surface area (Å²) in [5.41, 5.74) is 3.60. The van der Waals surface area contributed by atoms with Crippen molar-refractivity contribution in [1.29, 1.82) is 5.26 Å². The predicted molar refractivity (Wildman–Crippen MR) is 85.4 cm³/mol. The highest BCUT2D eigenvalue weighted by Gasteiger charge is 2.01. The zero-order valence-electron chi connectivity index (χ0n) is 11.2. The van der Waals surface area contributed by atoms with Gasteiger partial charge in [0.05, 0.1) is 11.6 Å². The summed E-state index contributed by atoms with van der Waals surface area (Å²) in [7, 11) is 0. The lowest BCUT2D eigenvalue weighted by molar-refractivity contribution is 0.926. The van der Waals surface area contributed by atoms with Gasteiger partial charge >= 0.3 is 0 Å². The van der Waals surface area contributed by atoms with Gasteiger partial charge in [-0.3, -0.25) is 0 Å². The monoisotopic (exact) mass is 281 g/mol. The molecule has 2 aromatic carbocycles. The summed E-state index contributed by atoms with van der Waals surface area (Å²) in [4.78, 5) is 0. The number of benzene rings is 2. The Hall–Kier alpha value is -2.38. The molecule has 0 aromatic heterocycles. The first-order chi connectivity index (χ1) is 9.69. The normalized spacial score (nSPS) is 9.60. The Labute approximate surface area is 124 Å². The molecule has 0 saturated carbocycles. The molecule has 0 aliphatic rings.